The number of piperidine rings is 1. The highest BCUT2D eigenvalue weighted by Gasteiger charge is 2.26. The first-order valence-corrected chi connectivity index (χ1v) is 11.1. The molecule has 0 atom stereocenters. The summed E-state index contributed by atoms with van der Waals surface area (Å²) >= 11 is 0. The van der Waals surface area contributed by atoms with Gasteiger partial charge in [-0.25, -0.2) is 8.78 Å². The van der Waals surface area contributed by atoms with Gasteiger partial charge in [-0.1, -0.05) is 50.2 Å². The van der Waals surface area contributed by atoms with Gasteiger partial charge in [0.2, 0.25) is 17.6 Å². The lowest BCUT2D eigenvalue weighted by molar-refractivity contribution is -0.121. The van der Waals surface area contributed by atoms with E-state index in [2.05, 4.69) is 53.3 Å². The molecule has 0 radical (unpaired) electrons. The number of nitrogens with one attached hydrogen (secondary N) is 1. The topological polar surface area (TPSA) is 71.3 Å². The molecule has 0 saturated carbocycles. The van der Waals surface area contributed by atoms with Crippen LogP contribution in [0.15, 0.2) is 47.0 Å². The standard InChI is InChI=1S/C25H28F2N4O2/c1-25(2,3)18-6-4-16(5-7-18)23-29-22(33-30-23)15-31-12-10-17(11-13-31)24(32)28-21-9-8-19(26)14-20(21)27/h4-9,14,17H,10-13,15H2,1-3H3,(H,28,32). The van der Waals surface area contributed by atoms with Gasteiger partial charge >= 0.3 is 0 Å². The molecule has 1 aliphatic rings. The van der Waals surface area contributed by atoms with Gasteiger partial charge in [0, 0.05) is 17.5 Å². The van der Waals surface area contributed by atoms with Crippen molar-refractivity contribution < 1.29 is 18.1 Å². The lowest BCUT2D eigenvalue weighted by Crippen LogP contribution is -2.37. The first kappa shape index (κ1) is 23.0. The minimum atomic E-state index is -0.777. The molecule has 33 heavy (non-hydrogen) atoms. The maximum atomic E-state index is 13.8. The lowest BCUT2D eigenvalue weighted by atomic mass is 9.87. The summed E-state index contributed by atoms with van der Waals surface area (Å²) in [4.78, 5) is 19.2. The van der Waals surface area contributed by atoms with Gasteiger partial charge < -0.3 is 9.84 Å². The van der Waals surface area contributed by atoms with Crippen molar-refractivity contribution in [2.45, 2.75) is 45.6 Å². The SMILES string of the molecule is CC(C)(C)c1ccc(-c2noc(CN3CCC(C(=O)Nc4ccc(F)cc4F)CC3)n2)cc1. The van der Waals surface area contributed by atoms with E-state index in [1.807, 2.05) is 12.1 Å². The van der Waals surface area contributed by atoms with Crippen LogP contribution in [0.5, 0.6) is 0 Å². The van der Waals surface area contributed by atoms with Crippen LogP contribution in [0.3, 0.4) is 0 Å². The molecule has 1 saturated heterocycles. The van der Waals surface area contributed by atoms with Crippen molar-refractivity contribution >= 4 is 11.6 Å². The van der Waals surface area contributed by atoms with E-state index >= 15 is 0 Å². The molecule has 1 aliphatic heterocycles. The number of nitrogens with zero attached hydrogens (tertiary/aromatic N) is 3. The zero-order valence-corrected chi connectivity index (χ0v) is 19.1. The fourth-order valence-corrected chi connectivity index (χ4v) is 3.93. The van der Waals surface area contributed by atoms with Gasteiger partial charge in [-0.3, -0.25) is 9.69 Å². The fourth-order valence-electron chi connectivity index (χ4n) is 3.93. The van der Waals surface area contributed by atoms with E-state index < -0.39 is 11.6 Å². The van der Waals surface area contributed by atoms with Crippen LogP contribution in [0.4, 0.5) is 14.5 Å². The highest BCUT2D eigenvalue weighted by atomic mass is 19.1. The van der Waals surface area contributed by atoms with Crippen molar-refractivity contribution in [3.05, 3.63) is 65.6 Å². The molecule has 1 aromatic heterocycles. The molecule has 6 nitrogen and oxygen atoms in total. The summed E-state index contributed by atoms with van der Waals surface area (Å²) in [6, 6.07) is 11.3. The van der Waals surface area contributed by atoms with Crippen molar-refractivity contribution in [2.75, 3.05) is 18.4 Å². The number of hydrogen-bond donors (Lipinski definition) is 1. The maximum Gasteiger partial charge on any atom is 0.241 e. The third-order valence-corrected chi connectivity index (χ3v) is 5.98. The Hall–Kier alpha value is -3.13. The van der Waals surface area contributed by atoms with Crippen molar-refractivity contribution in [1.29, 1.82) is 0 Å². The summed E-state index contributed by atoms with van der Waals surface area (Å²) in [6.45, 7) is 8.38. The molecule has 1 N–H and O–H groups in total. The second-order valence-electron chi connectivity index (χ2n) is 9.50. The summed E-state index contributed by atoms with van der Waals surface area (Å²) in [7, 11) is 0. The van der Waals surface area contributed by atoms with Crippen molar-refractivity contribution in [3.8, 4) is 11.4 Å². The molecule has 4 rings (SSSR count). The third kappa shape index (κ3) is 5.63. The number of carbonyl (C=O) groups excluding carboxylic acids is 1. The number of amides is 1. The highest BCUT2D eigenvalue weighted by molar-refractivity contribution is 5.92. The quantitative estimate of drug-likeness (QED) is 0.576. The number of carbonyl (C=O) groups is 1. The van der Waals surface area contributed by atoms with Gasteiger partial charge in [-0.15, -0.1) is 0 Å². The Morgan fingerprint density at radius 1 is 1.12 bits per heavy atom. The van der Waals surface area contributed by atoms with Crippen LogP contribution >= 0.6 is 0 Å². The Morgan fingerprint density at radius 3 is 2.45 bits per heavy atom. The predicted molar refractivity (Wildman–Crippen MR) is 121 cm³/mol. The molecule has 0 spiro atoms. The monoisotopic (exact) mass is 454 g/mol. The van der Waals surface area contributed by atoms with E-state index in [-0.39, 0.29) is 22.9 Å². The molecule has 8 heteroatoms. The smallest absolute Gasteiger partial charge is 0.241 e. The number of benzene rings is 2. The number of aromatic nitrogens is 2. The predicted octanol–water partition coefficient (Wildman–Crippen LogP) is 5.16. The van der Waals surface area contributed by atoms with E-state index in [0.717, 1.165) is 17.7 Å². The Bertz CT molecular complexity index is 1110. The Labute approximate surface area is 192 Å². The normalized spacial score (nSPS) is 15.5. The van der Waals surface area contributed by atoms with Crippen molar-refractivity contribution in [1.82, 2.24) is 15.0 Å². The zero-order chi connectivity index (χ0) is 23.6. The van der Waals surface area contributed by atoms with Crippen molar-refractivity contribution in [2.24, 2.45) is 5.92 Å². The van der Waals surface area contributed by atoms with Gasteiger partial charge in [0.05, 0.1) is 12.2 Å². The number of hydrogen-bond acceptors (Lipinski definition) is 5. The Balaban J connectivity index is 1.30. The Kier molecular flexibility index (Phi) is 6.56. The van der Waals surface area contributed by atoms with Crippen LogP contribution in [-0.2, 0) is 16.8 Å². The second-order valence-corrected chi connectivity index (χ2v) is 9.50. The van der Waals surface area contributed by atoms with E-state index in [9.17, 15) is 13.6 Å². The molecular formula is C25H28F2N4O2. The molecule has 2 aromatic carbocycles. The van der Waals surface area contributed by atoms with Crippen molar-refractivity contribution in [3.63, 3.8) is 0 Å². The first-order chi connectivity index (χ1) is 15.7. The minimum Gasteiger partial charge on any atom is -0.338 e. The van der Waals surface area contributed by atoms with Crippen LogP contribution in [-0.4, -0.2) is 34.0 Å². The van der Waals surface area contributed by atoms with Crippen LogP contribution < -0.4 is 5.32 Å². The third-order valence-electron chi connectivity index (χ3n) is 5.98. The summed E-state index contributed by atoms with van der Waals surface area (Å²) in [5.74, 6) is -0.850. The first-order valence-electron chi connectivity index (χ1n) is 11.1. The van der Waals surface area contributed by atoms with Gasteiger partial charge in [-0.05, 0) is 49.0 Å². The van der Waals surface area contributed by atoms with E-state index in [1.54, 1.807) is 0 Å². The van der Waals surface area contributed by atoms with Gasteiger partial charge in [0.25, 0.3) is 0 Å². The van der Waals surface area contributed by atoms with Gasteiger partial charge in [0.1, 0.15) is 11.6 Å². The number of halogens is 2. The van der Waals surface area contributed by atoms with Gasteiger partial charge in [0.15, 0.2) is 0 Å². The van der Waals surface area contributed by atoms with Crippen LogP contribution in [0.2, 0.25) is 0 Å². The fraction of sp³-hybridized carbons (Fsp3) is 0.400. The molecule has 3 aromatic rings. The average molecular weight is 455 g/mol. The summed E-state index contributed by atoms with van der Waals surface area (Å²) in [5.41, 5.74) is 2.22. The number of anilines is 1. The van der Waals surface area contributed by atoms with Gasteiger partial charge in [-0.2, -0.15) is 4.98 Å². The summed E-state index contributed by atoms with van der Waals surface area (Å²) < 4.78 is 32.3. The lowest BCUT2D eigenvalue weighted by Gasteiger charge is -2.30. The molecular weight excluding hydrogens is 426 g/mol. The highest BCUT2D eigenvalue weighted by Crippen LogP contribution is 2.26. The molecule has 1 amide bonds. The van der Waals surface area contributed by atoms with Crippen LogP contribution in [0, 0.1) is 17.6 Å². The largest absolute Gasteiger partial charge is 0.338 e. The molecule has 0 unspecified atom stereocenters. The van der Waals surface area contributed by atoms with Crippen LogP contribution in [0.1, 0.15) is 45.1 Å². The number of likely N-dealkylation sites (tertiary alicyclic amines) is 1. The Morgan fingerprint density at radius 2 is 1.82 bits per heavy atom. The molecule has 1 fully saturated rings. The van der Waals surface area contributed by atoms with E-state index in [4.69, 9.17) is 4.52 Å². The zero-order valence-electron chi connectivity index (χ0n) is 19.1. The molecule has 2 heterocycles. The summed E-state index contributed by atoms with van der Waals surface area (Å²) in [5, 5.41) is 6.68. The molecule has 0 bridgehead atoms. The van der Waals surface area contributed by atoms with Crippen LogP contribution in [0.25, 0.3) is 11.4 Å². The second kappa shape index (κ2) is 9.39. The average Bonchev–Trinajstić information content (AvgIpc) is 3.24. The minimum absolute atomic E-state index is 0.00208. The van der Waals surface area contributed by atoms with E-state index in [0.29, 0.717) is 44.2 Å². The maximum absolute atomic E-state index is 13.8. The molecule has 174 valence electrons. The van der Waals surface area contributed by atoms with E-state index in [1.165, 1.54) is 11.6 Å². The molecule has 0 aliphatic carbocycles. The number of rotatable bonds is 5. The summed E-state index contributed by atoms with van der Waals surface area (Å²) in [6.07, 6.45) is 1.26.